The summed E-state index contributed by atoms with van der Waals surface area (Å²) < 4.78 is 11.1. The van der Waals surface area contributed by atoms with Crippen LogP contribution >= 0.6 is 22.7 Å². The van der Waals surface area contributed by atoms with Crippen molar-refractivity contribution in [2.24, 2.45) is 0 Å². The van der Waals surface area contributed by atoms with E-state index in [9.17, 15) is 9.59 Å². The standard InChI is InChI=1S/C22H19N3O4S2/c1-13-3-8-16-18(9-13)31-21(25-16)14-4-6-15(7-5-14)23-19(26)10-29-22(27)17-12-30-20(24-17)11-28-2/h3-9,12H,10-11H2,1-2H3,(H,23,26). The quantitative estimate of drug-likeness (QED) is 0.409. The summed E-state index contributed by atoms with van der Waals surface area (Å²) in [6.45, 7) is 1.99. The molecule has 0 atom stereocenters. The number of nitrogens with zero attached hydrogens (tertiary/aromatic N) is 2. The summed E-state index contributed by atoms with van der Waals surface area (Å²) in [6.07, 6.45) is 0. The van der Waals surface area contributed by atoms with Crippen LogP contribution in [0, 0.1) is 6.92 Å². The Kier molecular flexibility index (Phi) is 6.36. The van der Waals surface area contributed by atoms with Gasteiger partial charge in [0, 0.05) is 23.7 Å². The molecule has 4 rings (SSSR count). The molecular formula is C22H19N3O4S2. The van der Waals surface area contributed by atoms with Crippen LogP contribution in [0.4, 0.5) is 5.69 Å². The number of hydrogen-bond donors (Lipinski definition) is 1. The van der Waals surface area contributed by atoms with Crippen molar-refractivity contribution in [1.29, 1.82) is 0 Å². The molecule has 7 nitrogen and oxygen atoms in total. The second-order valence-electron chi connectivity index (χ2n) is 6.75. The minimum absolute atomic E-state index is 0.167. The number of ether oxygens (including phenoxy) is 2. The number of benzene rings is 2. The minimum Gasteiger partial charge on any atom is -0.451 e. The molecule has 1 N–H and O–H groups in total. The van der Waals surface area contributed by atoms with Crippen LogP contribution in [-0.4, -0.2) is 35.6 Å². The fourth-order valence-corrected chi connectivity index (χ4v) is 4.65. The number of methoxy groups -OCH3 is 1. The number of aryl methyl sites for hydroxylation is 1. The molecule has 2 heterocycles. The highest BCUT2D eigenvalue weighted by atomic mass is 32.1. The molecule has 0 spiro atoms. The van der Waals surface area contributed by atoms with Crippen LogP contribution in [0.15, 0.2) is 47.8 Å². The molecule has 158 valence electrons. The molecule has 4 aromatic rings. The highest BCUT2D eigenvalue weighted by Gasteiger charge is 2.14. The van der Waals surface area contributed by atoms with E-state index in [1.54, 1.807) is 36.0 Å². The van der Waals surface area contributed by atoms with Crippen molar-refractivity contribution in [1.82, 2.24) is 9.97 Å². The zero-order valence-electron chi connectivity index (χ0n) is 16.9. The van der Waals surface area contributed by atoms with Gasteiger partial charge < -0.3 is 14.8 Å². The molecule has 0 radical (unpaired) electrons. The van der Waals surface area contributed by atoms with E-state index in [0.29, 0.717) is 17.3 Å². The van der Waals surface area contributed by atoms with Crippen LogP contribution in [0.5, 0.6) is 0 Å². The predicted molar refractivity (Wildman–Crippen MR) is 122 cm³/mol. The van der Waals surface area contributed by atoms with Crippen molar-refractivity contribution in [3.05, 3.63) is 64.1 Å². The maximum atomic E-state index is 12.1. The van der Waals surface area contributed by atoms with Crippen molar-refractivity contribution in [2.75, 3.05) is 19.0 Å². The Balaban J connectivity index is 1.33. The number of anilines is 1. The maximum absolute atomic E-state index is 12.1. The summed E-state index contributed by atoms with van der Waals surface area (Å²) in [5, 5.41) is 5.88. The van der Waals surface area contributed by atoms with Gasteiger partial charge in [0.25, 0.3) is 5.91 Å². The number of fused-ring (bicyclic) bond motifs is 1. The Morgan fingerprint density at radius 1 is 1.10 bits per heavy atom. The van der Waals surface area contributed by atoms with Gasteiger partial charge in [0.05, 0.1) is 16.8 Å². The van der Waals surface area contributed by atoms with Crippen molar-refractivity contribution in [3.63, 3.8) is 0 Å². The highest BCUT2D eigenvalue weighted by molar-refractivity contribution is 7.21. The van der Waals surface area contributed by atoms with Crippen LogP contribution in [0.1, 0.15) is 21.1 Å². The monoisotopic (exact) mass is 453 g/mol. The lowest BCUT2D eigenvalue weighted by Crippen LogP contribution is -2.21. The number of amides is 1. The smallest absolute Gasteiger partial charge is 0.358 e. The van der Waals surface area contributed by atoms with E-state index in [1.807, 2.05) is 24.3 Å². The Morgan fingerprint density at radius 2 is 1.90 bits per heavy atom. The van der Waals surface area contributed by atoms with Crippen molar-refractivity contribution in [3.8, 4) is 10.6 Å². The van der Waals surface area contributed by atoms with Crippen molar-refractivity contribution < 1.29 is 19.1 Å². The number of thiazole rings is 2. The van der Waals surface area contributed by atoms with Gasteiger partial charge in [-0.15, -0.1) is 22.7 Å². The highest BCUT2D eigenvalue weighted by Crippen LogP contribution is 2.31. The van der Waals surface area contributed by atoms with E-state index in [2.05, 4.69) is 28.3 Å². The lowest BCUT2D eigenvalue weighted by Gasteiger charge is -2.06. The molecule has 2 aromatic carbocycles. The van der Waals surface area contributed by atoms with Gasteiger partial charge in [-0.1, -0.05) is 6.07 Å². The van der Waals surface area contributed by atoms with Crippen LogP contribution in [0.25, 0.3) is 20.8 Å². The topological polar surface area (TPSA) is 90.4 Å². The van der Waals surface area contributed by atoms with Gasteiger partial charge in [-0.25, -0.2) is 14.8 Å². The van der Waals surface area contributed by atoms with Crippen molar-refractivity contribution in [2.45, 2.75) is 13.5 Å². The molecule has 2 aromatic heterocycles. The molecule has 0 aliphatic heterocycles. The number of carbonyl (C=O) groups excluding carboxylic acids is 2. The SMILES string of the molecule is COCc1nc(C(=O)OCC(=O)Nc2ccc(-c3nc4ccc(C)cc4s3)cc2)cs1. The van der Waals surface area contributed by atoms with Gasteiger partial charge in [0.1, 0.15) is 10.0 Å². The molecule has 1 amide bonds. The van der Waals surface area contributed by atoms with Crippen LogP contribution in [0.2, 0.25) is 0 Å². The third-order valence-corrected chi connectivity index (χ3v) is 6.21. The van der Waals surface area contributed by atoms with Gasteiger partial charge in [0.15, 0.2) is 12.3 Å². The molecule has 0 saturated heterocycles. The summed E-state index contributed by atoms with van der Waals surface area (Å²) in [6, 6.07) is 13.6. The van der Waals surface area contributed by atoms with Crippen molar-refractivity contribution >= 4 is 50.5 Å². The molecular weight excluding hydrogens is 434 g/mol. The first-order valence-corrected chi connectivity index (χ1v) is 11.1. The number of esters is 1. The number of nitrogens with one attached hydrogen (secondary N) is 1. The summed E-state index contributed by atoms with van der Waals surface area (Å²) in [7, 11) is 1.55. The molecule has 31 heavy (non-hydrogen) atoms. The largest absolute Gasteiger partial charge is 0.451 e. The Labute approximate surface area is 186 Å². The summed E-state index contributed by atoms with van der Waals surface area (Å²) >= 11 is 2.93. The van der Waals surface area contributed by atoms with E-state index in [0.717, 1.165) is 20.8 Å². The van der Waals surface area contributed by atoms with Crippen LogP contribution in [-0.2, 0) is 20.9 Å². The molecule has 0 unspecified atom stereocenters. The molecule has 9 heteroatoms. The maximum Gasteiger partial charge on any atom is 0.358 e. The average molecular weight is 454 g/mol. The van der Waals surface area contributed by atoms with Gasteiger partial charge in [-0.3, -0.25) is 4.79 Å². The molecule has 0 bridgehead atoms. The van der Waals surface area contributed by atoms with Crippen LogP contribution in [0.3, 0.4) is 0 Å². The Hall–Kier alpha value is -3.14. The van der Waals surface area contributed by atoms with E-state index < -0.39 is 18.5 Å². The molecule has 0 fully saturated rings. The molecule has 0 saturated carbocycles. The summed E-state index contributed by atoms with van der Waals surface area (Å²) in [5.74, 6) is -1.07. The lowest BCUT2D eigenvalue weighted by molar-refractivity contribution is -0.119. The minimum atomic E-state index is -0.643. The van der Waals surface area contributed by atoms with Gasteiger partial charge in [-0.05, 0) is 48.9 Å². The third-order valence-electron chi connectivity index (χ3n) is 4.32. The van der Waals surface area contributed by atoms with E-state index in [1.165, 1.54) is 16.9 Å². The lowest BCUT2D eigenvalue weighted by atomic mass is 10.2. The first-order chi connectivity index (χ1) is 15.0. The number of hydrogen-bond acceptors (Lipinski definition) is 8. The first-order valence-electron chi connectivity index (χ1n) is 9.40. The summed E-state index contributed by atoms with van der Waals surface area (Å²) in [5.41, 5.74) is 3.92. The Morgan fingerprint density at radius 3 is 2.68 bits per heavy atom. The number of carbonyl (C=O) groups is 2. The first kappa shape index (κ1) is 21.1. The summed E-state index contributed by atoms with van der Waals surface area (Å²) in [4.78, 5) is 32.9. The predicted octanol–water partition coefficient (Wildman–Crippen LogP) is 4.67. The average Bonchev–Trinajstić information content (AvgIpc) is 3.39. The second-order valence-corrected chi connectivity index (χ2v) is 8.72. The van der Waals surface area contributed by atoms with E-state index in [-0.39, 0.29) is 5.69 Å². The third kappa shape index (κ3) is 5.13. The fourth-order valence-electron chi connectivity index (χ4n) is 2.85. The molecule has 0 aliphatic rings. The number of rotatable bonds is 7. The second kappa shape index (κ2) is 9.34. The van der Waals surface area contributed by atoms with E-state index >= 15 is 0 Å². The Bertz CT molecular complexity index is 1230. The zero-order valence-corrected chi connectivity index (χ0v) is 18.5. The van der Waals surface area contributed by atoms with E-state index in [4.69, 9.17) is 9.47 Å². The number of aromatic nitrogens is 2. The van der Waals surface area contributed by atoms with Gasteiger partial charge in [0.2, 0.25) is 0 Å². The zero-order chi connectivity index (χ0) is 21.8. The van der Waals surface area contributed by atoms with Crippen LogP contribution < -0.4 is 5.32 Å². The normalized spacial score (nSPS) is 10.9. The fraction of sp³-hybridized carbons (Fsp3) is 0.182. The molecule has 0 aliphatic carbocycles. The van der Waals surface area contributed by atoms with Gasteiger partial charge in [-0.2, -0.15) is 0 Å². The van der Waals surface area contributed by atoms with Gasteiger partial charge >= 0.3 is 5.97 Å².